The molecule has 0 spiro atoms. The molecule has 1 aromatic heterocycles. The van der Waals surface area contributed by atoms with Gasteiger partial charge in [-0.2, -0.15) is 9.97 Å². The molecule has 7 heteroatoms. The summed E-state index contributed by atoms with van der Waals surface area (Å²) < 4.78 is 10.7. The first-order valence-corrected chi connectivity index (χ1v) is 6.32. The highest BCUT2D eigenvalue weighted by molar-refractivity contribution is 6.32. The van der Waals surface area contributed by atoms with Gasteiger partial charge in [0.25, 0.3) is 0 Å². The zero-order valence-electron chi connectivity index (χ0n) is 10.4. The van der Waals surface area contributed by atoms with E-state index in [0.29, 0.717) is 17.4 Å². The fourth-order valence-electron chi connectivity index (χ4n) is 1.34. The molecule has 100 valence electrons. The molecule has 0 aliphatic carbocycles. The monoisotopic (exact) mass is 299 g/mol. The zero-order valence-corrected chi connectivity index (χ0v) is 11.9. The minimum Gasteiger partial charge on any atom is -0.464 e. The first kappa shape index (κ1) is 13.8. The standard InChI is InChI=1S/C12H11Cl2N3O2/c1-3-18-11-15-10(14)16-12(17-11)19-9-6-7(2)4-5-8(9)13/h4-6H,3H2,1-2H3. The minimum absolute atomic E-state index is 0.00257. The third-order valence-electron chi connectivity index (χ3n) is 2.13. The van der Waals surface area contributed by atoms with E-state index in [1.165, 1.54) is 0 Å². The van der Waals surface area contributed by atoms with Crippen LogP contribution in [-0.4, -0.2) is 21.6 Å². The lowest BCUT2D eigenvalue weighted by atomic mass is 10.2. The molecular formula is C12H11Cl2N3O2. The number of hydrogen-bond acceptors (Lipinski definition) is 5. The van der Waals surface area contributed by atoms with Crippen LogP contribution in [0, 0.1) is 6.92 Å². The molecule has 0 radical (unpaired) electrons. The van der Waals surface area contributed by atoms with Crippen molar-refractivity contribution in [2.24, 2.45) is 0 Å². The molecule has 0 bridgehead atoms. The van der Waals surface area contributed by atoms with Gasteiger partial charge in [-0.05, 0) is 43.1 Å². The first-order chi connectivity index (χ1) is 9.08. The van der Waals surface area contributed by atoms with Gasteiger partial charge < -0.3 is 9.47 Å². The predicted octanol–water partition coefficient (Wildman–Crippen LogP) is 3.68. The van der Waals surface area contributed by atoms with Gasteiger partial charge in [0.05, 0.1) is 11.6 Å². The van der Waals surface area contributed by atoms with Crippen molar-refractivity contribution < 1.29 is 9.47 Å². The van der Waals surface area contributed by atoms with Crippen LogP contribution in [0.2, 0.25) is 10.3 Å². The van der Waals surface area contributed by atoms with Crippen molar-refractivity contribution in [2.75, 3.05) is 6.61 Å². The van der Waals surface area contributed by atoms with Gasteiger partial charge in [0.1, 0.15) is 5.75 Å². The molecule has 0 fully saturated rings. The van der Waals surface area contributed by atoms with E-state index in [9.17, 15) is 0 Å². The number of ether oxygens (including phenoxy) is 2. The highest BCUT2D eigenvalue weighted by Gasteiger charge is 2.10. The summed E-state index contributed by atoms with van der Waals surface area (Å²) in [4.78, 5) is 11.7. The van der Waals surface area contributed by atoms with E-state index in [1.54, 1.807) is 12.1 Å². The van der Waals surface area contributed by atoms with E-state index in [2.05, 4.69) is 15.0 Å². The lowest BCUT2D eigenvalue weighted by molar-refractivity contribution is 0.303. The van der Waals surface area contributed by atoms with Crippen LogP contribution in [0.4, 0.5) is 0 Å². The first-order valence-electron chi connectivity index (χ1n) is 5.57. The van der Waals surface area contributed by atoms with Gasteiger partial charge in [-0.3, -0.25) is 0 Å². The van der Waals surface area contributed by atoms with Crippen molar-refractivity contribution in [3.8, 4) is 17.8 Å². The number of halogens is 2. The van der Waals surface area contributed by atoms with E-state index in [-0.39, 0.29) is 17.3 Å². The summed E-state index contributed by atoms with van der Waals surface area (Å²) in [5.74, 6) is 0.450. The van der Waals surface area contributed by atoms with Gasteiger partial charge >= 0.3 is 12.0 Å². The highest BCUT2D eigenvalue weighted by atomic mass is 35.5. The third-order valence-corrected chi connectivity index (χ3v) is 2.61. The molecule has 1 heterocycles. The fourth-order valence-corrected chi connectivity index (χ4v) is 1.64. The summed E-state index contributed by atoms with van der Waals surface area (Å²) in [6, 6.07) is 5.54. The number of aryl methyl sites for hydroxylation is 1. The Balaban J connectivity index is 2.29. The van der Waals surface area contributed by atoms with Crippen LogP contribution < -0.4 is 9.47 Å². The van der Waals surface area contributed by atoms with Crippen molar-refractivity contribution in [1.82, 2.24) is 15.0 Å². The Kier molecular flexibility index (Phi) is 4.39. The van der Waals surface area contributed by atoms with E-state index < -0.39 is 0 Å². The largest absolute Gasteiger partial charge is 0.464 e. The molecule has 0 aliphatic rings. The Labute approximate surface area is 120 Å². The summed E-state index contributed by atoms with van der Waals surface area (Å²) >= 11 is 11.8. The van der Waals surface area contributed by atoms with Gasteiger partial charge in [0.2, 0.25) is 5.28 Å². The SMILES string of the molecule is CCOc1nc(Cl)nc(Oc2cc(C)ccc2Cl)n1. The second-order valence-electron chi connectivity index (χ2n) is 3.64. The van der Waals surface area contributed by atoms with E-state index in [1.807, 2.05) is 19.9 Å². The molecule has 0 saturated heterocycles. The van der Waals surface area contributed by atoms with Crippen LogP contribution in [0.3, 0.4) is 0 Å². The lowest BCUT2D eigenvalue weighted by Gasteiger charge is -2.08. The molecule has 0 saturated carbocycles. The molecule has 0 aliphatic heterocycles. The Morgan fingerprint density at radius 2 is 1.84 bits per heavy atom. The van der Waals surface area contributed by atoms with Crippen molar-refractivity contribution in [3.05, 3.63) is 34.1 Å². The van der Waals surface area contributed by atoms with Crippen LogP contribution in [0.25, 0.3) is 0 Å². The van der Waals surface area contributed by atoms with Crippen LogP contribution in [-0.2, 0) is 0 Å². The van der Waals surface area contributed by atoms with E-state index in [0.717, 1.165) is 5.56 Å². The average molecular weight is 300 g/mol. The summed E-state index contributed by atoms with van der Waals surface area (Å²) in [6.45, 7) is 4.16. The van der Waals surface area contributed by atoms with Crippen molar-refractivity contribution >= 4 is 23.2 Å². The number of rotatable bonds is 4. The maximum absolute atomic E-state index is 6.03. The molecule has 0 N–H and O–H groups in total. The van der Waals surface area contributed by atoms with Gasteiger partial charge in [0.15, 0.2) is 0 Å². The quantitative estimate of drug-likeness (QED) is 0.862. The number of benzene rings is 1. The predicted molar refractivity (Wildman–Crippen MR) is 72.3 cm³/mol. The van der Waals surface area contributed by atoms with Crippen LogP contribution in [0.5, 0.6) is 17.8 Å². The third kappa shape index (κ3) is 3.68. The number of aromatic nitrogens is 3. The van der Waals surface area contributed by atoms with Crippen molar-refractivity contribution in [2.45, 2.75) is 13.8 Å². The molecule has 19 heavy (non-hydrogen) atoms. The highest BCUT2D eigenvalue weighted by Crippen LogP contribution is 2.29. The summed E-state index contributed by atoms with van der Waals surface area (Å²) in [5, 5.41) is 0.456. The Hall–Kier alpha value is -1.59. The maximum atomic E-state index is 6.03. The molecule has 0 unspecified atom stereocenters. The molecule has 5 nitrogen and oxygen atoms in total. The van der Waals surface area contributed by atoms with Crippen LogP contribution in [0.1, 0.15) is 12.5 Å². The van der Waals surface area contributed by atoms with Gasteiger partial charge in [0, 0.05) is 0 Å². The Bertz CT molecular complexity index is 593. The van der Waals surface area contributed by atoms with Crippen LogP contribution >= 0.6 is 23.2 Å². The molecule has 0 atom stereocenters. The summed E-state index contributed by atoms with van der Waals surface area (Å²) in [6.07, 6.45) is 0. The second-order valence-corrected chi connectivity index (χ2v) is 4.38. The minimum atomic E-state index is -0.00257. The van der Waals surface area contributed by atoms with Gasteiger partial charge in [-0.15, -0.1) is 4.98 Å². The maximum Gasteiger partial charge on any atom is 0.329 e. The Morgan fingerprint density at radius 1 is 1.11 bits per heavy atom. The second kappa shape index (κ2) is 6.04. The average Bonchev–Trinajstić information content (AvgIpc) is 2.33. The topological polar surface area (TPSA) is 57.1 Å². The molecule has 0 amide bonds. The molecule has 2 aromatic rings. The van der Waals surface area contributed by atoms with E-state index >= 15 is 0 Å². The van der Waals surface area contributed by atoms with Crippen molar-refractivity contribution in [1.29, 1.82) is 0 Å². The normalized spacial score (nSPS) is 10.3. The summed E-state index contributed by atoms with van der Waals surface area (Å²) in [7, 11) is 0. The number of hydrogen-bond donors (Lipinski definition) is 0. The number of nitrogens with zero attached hydrogens (tertiary/aromatic N) is 3. The summed E-state index contributed by atoms with van der Waals surface area (Å²) in [5.41, 5.74) is 1.00. The molecular weight excluding hydrogens is 289 g/mol. The fraction of sp³-hybridized carbons (Fsp3) is 0.250. The zero-order chi connectivity index (χ0) is 13.8. The lowest BCUT2D eigenvalue weighted by Crippen LogP contribution is -2.01. The van der Waals surface area contributed by atoms with Crippen molar-refractivity contribution in [3.63, 3.8) is 0 Å². The Morgan fingerprint density at radius 3 is 2.58 bits per heavy atom. The van der Waals surface area contributed by atoms with Gasteiger partial charge in [-0.25, -0.2) is 0 Å². The molecule has 1 aromatic carbocycles. The smallest absolute Gasteiger partial charge is 0.329 e. The molecule has 2 rings (SSSR count). The van der Waals surface area contributed by atoms with Crippen LogP contribution in [0.15, 0.2) is 18.2 Å². The van der Waals surface area contributed by atoms with Gasteiger partial charge in [-0.1, -0.05) is 17.7 Å². The van der Waals surface area contributed by atoms with E-state index in [4.69, 9.17) is 32.7 Å².